The molecule has 0 aliphatic rings. The van der Waals surface area contributed by atoms with Crippen molar-refractivity contribution >= 4 is 17.4 Å². The van der Waals surface area contributed by atoms with Crippen LogP contribution in [0.4, 0.5) is 5.69 Å². The van der Waals surface area contributed by atoms with E-state index in [1.807, 2.05) is 55.6 Å². The molecule has 0 aliphatic heterocycles. The van der Waals surface area contributed by atoms with Crippen LogP contribution in [-0.4, -0.2) is 30.3 Å². The summed E-state index contributed by atoms with van der Waals surface area (Å²) < 4.78 is 0. The third-order valence-electron chi connectivity index (χ3n) is 2.86. The number of hydrogen-bond donors (Lipinski definition) is 1. The number of hydrogen-bond acceptors (Lipinski definition) is 5. The standard InChI is InChI=1S/C14H14N4OS/c1-18(2)10-6-4-9(5-7-10)12-11(8-15)13(19)17-14(16-12)20-3/h4-7H,1-3H3,(H,16,17,19). The molecule has 2 rings (SSSR count). The van der Waals surface area contributed by atoms with Gasteiger partial charge >= 0.3 is 0 Å². The van der Waals surface area contributed by atoms with Crippen LogP contribution in [0.5, 0.6) is 0 Å². The minimum Gasteiger partial charge on any atom is -0.378 e. The van der Waals surface area contributed by atoms with Gasteiger partial charge < -0.3 is 9.88 Å². The number of benzene rings is 1. The van der Waals surface area contributed by atoms with Crippen LogP contribution in [0.2, 0.25) is 0 Å². The van der Waals surface area contributed by atoms with Gasteiger partial charge in [-0.05, 0) is 18.4 Å². The van der Waals surface area contributed by atoms with E-state index in [9.17, 15) is 4.79 Å². The summed E-state index contributed by atoms with van der Waals surface area (Å²) in [4.78, 5) is 20.8. The van der Waals surface area contributed by atoms with E-state index in [0.717, 1.165) is 11.3 Å². The van der Waals surface area contributed by atoms with Gasteiger partial charge in [-0.3, -0.25) is 4.79 Å². The number of thioether (sulfide) groups is 1. The Kier molecular flexibility index (Phi) is 4.11. The van der Waals surface area contributed by atoms with Gasteiger partial charge in [0.1, 0.15) is 11.6 Å². The number of rotatable bonds is 3. The van der Waals surface area contributed by atoms with Gasteiger partial charge in [-0.15, -0.1) is 0 Å². The fraction of sp³-hybridized carbons (Fsp3) is 0.214. The SMILES string of the molecule is CSc1nc(-c2ccc(N(C)C)cc2)c(C#N)c(=O)[nH]1. The minimum atomic E-state index is -0.404. The third-order valence-corrected chi connectivity index (χ3v) is 3.44. The van der Waals surface area contributed by atoms with Gasteiger partial charge in [0.05, 0.1) is 5.69 Å². The number of nitriles is 1. The molecule has 1 aromatic heterocycles. The van der Waals surface area contributed by atoms with Crippen LogP contribution in [0.15, 0.2) is 34.2 Å². The van der Waals surface area contributed by atoms with E-state index in [0.29, 0.717) is 10.9 Å². The van der Waals surface area contributed by atoms with E-state index in [1.165, 1.54) is 11.8 Å². The largest absolute Gasteiger partial charge is 0.378 e. The van der Waals surface area contributed by atoms with Gasteiger partial charge in [0.15, 0.2) is 5.16 Å². The van der Waals surface area contributed by atoms with E-state index in [4.69, 9.17) is 5.26 Å². The zero-order valence-corrected chi connectivity index (χ0v) is 12.3. The molecule has 0 saturated heterocycles. The molecule has 0 amide bonds. The van der Waals surface area contributed by atoms with Crippen molar-refractivity contribution in [3.63, 3.8) is 0 Å². The Morgan fingerprint density at radius 3 is 2.45 bits per heavy atom. The fourth-order valence-electron chi connectivity index (χ4n) is 1.78. The van der Waals surface area contributed by atoms with Crippen LogP contribution in [-0.2, 0) is 0 Å². The molecular formula is C14H14N4OS. The van der Waals surface area contributed by atoms with Crippen molar-refractivity contribution in [2.75, 3.05) is 25.3 Å². The Bertz CT molecular complexity index is 713. The molecule has 0 unspecified atom stereocenters. The first-order valence-electron chi connectivity index (χ1n) is 5.93. The molecule has 0 aliphatic carbocycles. The number of aromatic amines is 1. The Morgan fingerprint density at radius 2 is 1.95 bits per heavy atom. The quantitative estimate of drug-likeness (QED) is 0.691. The highest BCUT2D eigenvalue weighted by Gasteiger charge is 2.13. The first-order valence-corrected chi connectivity index (χ1v) is 7.15. The summed E-state index contributed by atoms with van der Waals surface area (Å²) in [5, 5.41) is 9.64. The van der Waals surface area contributed by atoms with Gasteiger partial charge in [-0.1, -0.05) is 23.9 Å². The first kappa shape index (κ1) is 14.2. The van der Waals surface area contributed by atoms with Crippen molar-refractivity contribution in [1.82, 2.24) is 9.97 Å². The van der Waals surface area contributed by atoms with Crippen molar-refractivity contribution in [2.45, 2.75) is 5.16 Å². The molecule has 0 radical (unpaired) electrons. The highest BCUT2D eigenvalue weighted by Crippen LogP contribution is 2.23. The van der Waals surface area contributed by atoms with Crippen molar-refractivity contribution in [3.8, 4) is 17.3 Å². The molecule has 0 saturated carbocycles. The Hall–Kier alpha value is -2.26. The number of nitrogens with one attached hydrogen (secondary N) is 1. The summed E-state index contributed by atoms with van der Waals surface area (Å²) in [6.45, 7) is 0. The fourth-order valence-corrected chi connectivity index (χ4v) is 2.16. The molecule has 0 bridgehead atoms. The molecule has 102 valence electrons. The predicted molar refractivity (Wildman–Crippen MR) is 81.1 cm³/mol. The summed E-state index contributed by atoms with van der Waals surface area (Å²) in [5.41, 5.74) is 1.86. The molecule has 6 heteroatoms. The smallest absolute Gasteiger partial charge is 0.270 e. The second-order valence-electron chi connectivity index (χ2n) is 4.35. The lowest BCUT2D eigenvalue weighted by atomic mass is 10.1. The third kappa shape index (κ3) is 2.68. The van der Waals surface area contributed by atoms with Gasteiger partial charge in [-0.2, -0.15) is 5.26 Å². The average molecular weight is 286 g/mol. The van der Waals surface area contributed by atoms with Crippen molar-refractivity contribution in [1.29, 1.82) is 5.26 Å². The molecule has 2 aromatic rings. The molecule has 5 nitrogen and oxygen atoms in total. The van der Waals surface area contributed by atoms with E-state index in [-0.39, 0.29) is 5.56 Å². The Balaban J connectivity index is 2.59. The lowest BCUT2D eigenvalue weighted by Gasteiger charge is -2.12. The summed E-state index contributed by atoms with van der Waals surface area (Å²) in [6.07, 6.45) is 1.82. The van der Waals surface area contributed by atoms with Gasteiger partial charge in [0.2, 0.25) is 0 Å². The zero-order valence-electron chi connectivity index (χ0n) is 11.5. The Morgan fingerprint density at radius 1 is 1.30 bits per heavy atom. The number of anilines is 1. The van der Waals surface area contributed by atoms with E-state index < -0.39 is 5.56 Å². The molecule has 1 N–H and O–H groups in total. The summed E-state index contributed by atoms with van der Waals surface area (Å²) in [7, 11) is 3.90. The topological polar surface area (TPSA) is 72.8 Å². The molecule has 1 heterocycles. The summed E-state index contributed by atoms with van der Waals surface area (Å²) in [6, 6.07) is 9.51. The highest BCUT2D eigenvalue weighted by atomic mass is 32.2. The van der Waals surface area contributed by atoms with Gasteiger partial charge in [0, 0.05) is 25.3 Å². The Labute approximate surface area is 121 Å². The number of H-pyrrole nitrogens is 1. The number of nitrogens with zero attached hydrogens (tertiary/aromatic N) is 3. The van der Waals surface area contributed by atoms with Crippen LogP contribution in [0.3, 0.4) is 0 Å². The van der Waals surface area contributed by atoms with Crippen molar-refractivity contribution in [3.05, 3.63) is 40.2 Å². The van der Waals surface area contributed by atoms with E-state index in [1.54, 1.807) is 0 Å². The maximum absolute atomic E-state index is 11.9. The zero-order chi connectivity index (χ0) is 14.7. The molecule has 0 fully saturated rings. The van der Waals surface area contributed by atoms with E-state index >= 15 is 0 Å². The average Bonchev–Trinajstić information content (AvgIpc) is 2.46. The maximum atomic E-state index is 11.9. The minimum absolute atomic E-state index is 0.0420. The molecule has 0 spiro atoms. The molecule has 20 heavy (non-hydrogen) atoms. The van der Waals surface area contributed by atoms with Crippen LogP contribution in [0, 0.1) is 11.3 Å². The summed E-state index contributed by atoms with van der Waals surface area (Å²) in [5.74, 6) is 0. The lowest BCUT2D eigenvalue weighted by Crippen LogP contribution is -2.14. The second-order valence-corrected chi connectivity index (χ2v) is 5.15. The van der Waals surface area contributed by atoms with Crippen LogP contribution in [0.25, 0.3) is 11.3 Å². The summed E-state index contributed by atoms with van der Waals surface area (Å²) >= 11 is 1.33. The highest BCUT2D eigenvalue weighted by molar-refractivity contribution is 7.98. The first-order chi connectivity index (χ1) is 9.56. The van der Waals surface area contributed by atoms with Crippen molar-refractivity contribution < 1.29 is 0 Å². The van der Waals surface area contributed by atoms with E-state index in [2.05, 4.69) is 9.97 Å². The predicted octanol–water partition coefficient (Wildman–Crippen LogP) is 2.10. The second kappa shape index (κ2) is 5.80. The van der Waals surface area contributed by atoms with Gasteiger partial charge in [0.25, 0.3) is 5.56 Å². The molecular weight excluding hydrogens is 272 g/mol. The van der Waals surface area contributed by atoms with Crippen molar-refractivity contribution in [2.24, 2.45) is 0 Å². The van der Waals surface area contributed by atoms with Gasteiger partial charge in [-0.25, -0.2) is 4.98 Å². The molecule has 1 aromatic carbocycles. The monoisotopic (exact) mass is 286 g/mol. The lowest BCUT2D eigenvalue weighted by molar-refractivity contribution is 0.937. The number of aromatic nitrogens is 2. The normalized spacial score (nSPS) is 10.1. The van der Waals surface area contributed by atoms with Crippen LogP contribution >= 0.6 is 11.8 Å². The molecule has 0 atom stereocenters. The van der Waals surface area contributed by atoms with Crippen LogP contribution in [0.1, 0.15) is 5.56 Å². The maximum Gasteiger partial charge on any atom is 0.270 e. The van der Waals surface area contributed by atoms with Crippen LogP contribution < -0.4 is 10.5 Å².